The molecule has 2 aromatic rings. The first-order valence-electron chi connectivity index (χ1n) is 16.5. The van der Waals surface area contributed by atoms with Crippen molar-refractivity contribution in [3.05, 3.63) is 57.6 Å². The molecule has 1 saturated carbocycles. The standard InChI is InChI=1S/C33H50O5.C6H12/c1-29(2,3)22-16-20(17-23(26(22)35)30(4,5)6)33(13,28(37)38-15-14-34)21-18-24(31(7,8)9)27(36)25(19-21)32(10,11)12;1-2-4-6-5-3-1/h16-19,34-36H,14-15H2,1-13H3;1-6H2. The van der Waals surface area contributed by atoms with Crippen molar-refractivity contribution in [2.75, 3.05) is 13.2 Å². The monoisotopic (exact) mass is 610 g/mol. The van der Waals surface area contributed by atoms with E-state index in [0.29, 0.717) is 11.1 Å². The number of hydrogen-bond acceptors (Lipinski definition) is 5. The predicted molar refractivity (Wildman–Crippen MR) is 183 cm³/mol. The van der Waals surface area contributed by atoms with Crippen LogP contribution >= 0.6 is 0 Å². The van der Waals surface area contributed by atoms with Crippen molar-refractivity contribution >= 4 is 5.97 Å². The van der Waals surface area contributed by atoms with Crippen molar-refractivity contribution in [3.8, 4) is 11.5 Å². The molecule has 0 aliphatic heterocycles. The van der Waals surface area contributed by atoms with Crippen LogP contribution in [-0.4, -0.2) is 34.5 Å². The SMILES string of the molecule is C1CCCCC1.CC(C)(C)c1cc(C(C)(C(=O)OCCO)c2cc(C(C)(C)C)c(O)c(C(C)(C)C)c2)cc(C(C)(C)C)c1O. The lowest BCUT2D eigenvalue weighted by atomic mass is 9.68. The van der Waals surface area contributed by atoms with Gasteiger partial charge in [-0.1, -0.05) is 146 Å². The van der Waals surface area contributed by atoms with Gasteiger partial charge in [0, 0.05) is 0 Å². The van der Waals surface area contributed by atoms with Crippen molar-refractivity contribution in [1.82, 2.24) is 0 Å². The molecule has 44 heavy (non-hydrogen) atoms. The van der Waals surface area contributed by atoms with Crippen molar-refractivity contribution in [3.63, 3.8) is 0 Å². The van der Waals surface area contributed by atoms with Gasteiger partial charge in [-0.15, -0.1) is 0 Å². The summed E-state index contributed by atoms with van der Waals surface area (Å²) in [4.78, 5) is 14.0. The summed E-state index contributed by atoms with van der Waals surface area (Å²) in [5.74, 6) is -0.0325. The Balaban J connectivity index is 0.000000999. The number of aliphatic hydroxyl groups is 1. The third-order valence-corrected chi connectivity index (χ3v) is 8.84. The smallest absolute Gasteiger partial charge is 0.320 e. The number of rotatable bonds is 5. The topological polar surface area (TPSA) is 87.0 Å². The molecule has 1 aliphatic carbocycles. The maximum Gasteiger partial charge on any atom is 0.320 e. The van der Waals surface area contributed by atoms with E-state index < -0.39 is 33.0 Å². The second-order valence-corrected chi connectivity index (χ2v) is 16.9. The molecule has 0 amide bonds. The van der Waals surface area contributed by atoms with Gasteiger partial charge in [0.15, 0.2) is 0 Å². The fourth-order valence-electron chi connectivity index (χ4n) is 5.88. The average Bonchev–Trinajstić information content (AvgIpc) is 2.90. The molecular formula is C39H62O5. The van der Waals surface area contributed by atoms with Gasteiger partial charge in [-0.05, 0) is 62.0 Å². The first-order chi connectivity index (χ1) is 20.0. The van der Waals surface area contributed by atoms with Gasteiger partial charge in [-0.3, -0.25) is 4.79 Å². The van der Waals surface area contributed by atoms with Crippen molar-refractivity contribution in [1.29, 1.82) is 0 Å². The lowest BCUT2D eigenvalue weighted by Gasteiger charge is -2.36. The van der Waals surface area contributed by atoms with Gasteiger partial charge >= 0.3 is 5.97 Å². The van der Waals surface area contributed by atoms with Crippen LogP contribution in [0.1, 0.15) is 162 Å². The zero-order valence-electron chi connectivity index (χ0n) is 30.1. The number of phenolic OH excluding ortho intramolecular Hbond substituents is 2. The third-order valence-electron chi connectivity index (χ3n) is 8.84. The van der Waals surface area contributed by atoms with E-state index in [1.807, 2.05) is 114 Å². The summed E-state index contributed by atoms with van der Waals surface area (Å²) in [7, 11) is 0. The molecule has 248 valence electrons. The highest BCUT2D eigenvalue weighted by Crippen LogP contribution is 2.47. The highest BCUT2D eigenvalue weighted by Gasteiger charge is 2.43. The zero-order valence-corrected chi connectivity index (χ0v) is 30.1. The molecule has 0 spiro atoms. The number of phenols is 2. The van der Waals surface area contributed by atoms with Gasteiger partial charge in [-0.25, -0.2) is 0 Å². The number of esters is 1. The van der Waals surface area contributed by atoms with Crippen LogP contribution in [-0.2, 0) is 36.6 Å². The Labute approximate surface area is 268 Å². The number of carbonyl (C=O) groups is 1. The summed E-state index contributed by atoms with van der Waals surface area (Å²) in [6.07, 6.45) is 9.00. The molecule has 0 unspecified atom stereocenters. The summed E-state index contributed by atoms with van der Waals surface area (Å²) in [5.41, 5.74) is 1.51. The summed E-state index contributed by atoms with van der Waals surface area (Å²) in [5, 5.41) is 32.2. The molecule has 0 aromatic heterocycles. The normalized spacial score (nSPS) is 15.0. The Hall–Kier alpha value is -2.53. The minimum absolute atomic E-state index is 0.124. The van der Waals surface area contributed by atoms with Crippen molar-refractivity contribution in [2.24, 2.45) is 0 Å². The molecule has 2 aromatic carbocycles. The third kappa shape index (κ3) is 8.80. The van der Waals surface area contributed by atoms with Crippen molar-refractivity contribution < 1.29 is 24.9 Å². The van der Waals surface area contributed by atoms with Gasteiger partial charge in [0.2, 0.25) is 0 Å². The minimum atomic E-state index is -1.28. The molecule has 0 atom stereocenters. The summed E-state index contributed by atoms with van der Waals surface area (Å²) >= 11 is 0. The van der Waals surface area contributed by atoms with Crippen LogP contribution in [0.25, 0.3) is 0 Å². The largest absolute Gasteiger partial charge is 0.507 e. The van der Waals surface area contributed by atoms with Crippen molar-refractivity contribution in [2.45, 2.75) is 156 Å². The molecule has 1 aliphatic rings. The van der Waals surface area contributed by atoms with E-state index in [1.165, 1.54) is 38.5 Å². The van der Waals surface area contributed by atoms with E-state index in [1.54, 1.807) is 0 Å². The zero-order chi connectivity index (χ0) is 33.9. The number of hydrogen-bond donors (Lipinski definition) is 3. The van der Waals surface area contributed by atoms with E-state index in [0.717, 1.165) is 22.3 Å². The number of aromatic hydroxyl groups is 2. The maximum absolute atomic E-state index is 14.0. The molecule has 0 bridgehead atoms. The lowest BCUT2D eigenvalue weighted by molar-refractivity contribution is -0.149. The summed E-state index contributed by atoms with van der Waals surface area (Å²) in [6.45, 7) is 25.9. The van der Waals surface area contributed by atoms with E-state index in [2.05, 4.69) is 0 Å². The average molecular weight is 611 g/mol. The molecule has 3 rings (SSSR count). The lowest BCUT2D eigenvalue weighted by Crippen LogP contribution is -2.38. The highest BCUT2D eigenvalue weighted by atomic mass is 16.5. The highest BCUT2D eigenvalue weighted by molar-refractivity contribution is 5.88. The predicted octanol–water partition coefficient (Wildman–Crippen LogP) is 9.47. The van der Waals surface area contributed by atoms with E-state index in [9.17, 15) is 20.1 Å². The van der Waals surface area contributed by atoms with Crippen LogP contribution < -0.4 is 0 Å². The van der Waals surface area contributed by atoms with Gasteiger partial charge in [0.1, 0.15) is 23.5 Å². The van der Waals surface area contributed by atoms with E-state index in [-0.39, 0.29) is 24.7 Å². The van der Waals surface area contributed by atoms with Crippen LogP contribution in [0.2, 0.25) is 0 Å². The number of benzene rings is 2. The van der Waals surface area contributed by atoms with Crippen LogP contribution in [0.15, 0.2) is 24.3 Å². The molecule has 5 nitrogen and oxygen atoms in total. The van der Waals surface area contributed by atoms with Crippen LogP contribution in [0, 0.1) is 0 Å². The number of carbonyl (C=O) groups excluding carboxylic acids is 1. The van der Waals surface area contributed by atoms with Crippen LogP contribution in [0.5, 0.6) is 11.5 Å². The Kier molecular flexibility index (Phi) is 11.9. The quantitative estimate of drug-likeness (QED) is 0.294. The van der Waals surface area contributed by atoms with E-state index in [4.69, 9.17) is 4.74 Å². The molecule has 0 heterocycles. The second kappa shape index (κ2) is 13.8. The van der Waals surface area contributed by atoms with Gasteiger partial charge in [0.05, 0.1) is 6.61 Å². The molecule has 0 saturated heterocycles. The molecule has 5 heteroatoms. The Morgan fingerprint density at radius 2 is 0.818 bits per heavy atom. The Morgan fingerprint density at radius 3 is 1.02 bits per heavy atom. The summed E-state index contributed by atoms with van der Waals surface area (Å²) < 4.78 is 5.61. The maximum atomic E-state index is 14.0. The van der Waals surface area contributed by atoms with Crippen LogP contribution in [0.3, 0.4) is 0 Å². The second-order valence-electron chi connectivity index (χ2n) is 16.9. The Morgan fingerprint density at radius 1 is 0.568 bits per heavy atom. The van der Waals surface area contributed by atoms with Gasteiger partial charge in [-0.2, -0.15) is 0 Å². The van der Waals surface area contributed by atoms with Gasteiger partial charge < -0.3 is 20.1 Å². The van der Waals surface area contributed by atoms with Crippen LogP contribution in [0.4, 0.5) is 0 Å². The fourth-order valence-corrected chi connectivity index (χ4v) is 5.88. The number of aliphatic hydroxyl groups excluding tert-OH is 1. The molecule has 3 N–H and O–H groups in total. The number of ether oxygens (including phenoxy) is 1. The summed E-state index contributed by atoms with van der Waals surface area (Å²) in [6, 6.07) is 7.63. The minimum Gasteiger partial charge on any atom is -0.507 e. The first kappa shape index (κ1) is 37.7. The molecule has 0 radical (unpaired) electrons. The first-order valence-corrected chi connectivity index (χ1v) is 16.5. The Bertz CT molecular complexity index is 1110. The van der Waals surface area contributed by atoms with E-state index >= 15 is 0 Å². The fraction of sp³-hybridized carbons (Fsp3) is 0.667. The molecule has 1 fully saturated rings. The van der Waals surface area contributed by atoms with Gasteiger partial charge in [0.25, 0.3) is 0 Å². The molecular weight excluding hydrogens is 548 g/mol.